The molecule has 2 heterocycles. The Bertz CT molecular complexity index is 2640. The Morgan fingerprint density at radius 2 is 1.60 bits per heavy atom. The summed E-state index contributed by atoms with van der Waals surface area (Å²) in [6.07, 6.45) is 2.72. The maximum atomic E-state index is 14.9. The predicted molar refractivity (Wildman–Crippen MR) is 253 cm³/mol. The molecular formula is C53H57FN4O7. The predicted octanol–water partition coefficient (Wildman–Crippen LogP) is 9.54. The van der Waals surface area contributed by atoms with E-state index < -0.39 is 12.2 Å². The SMILES string of the molecule is CC(CC[C@H](O)c1ccc(O)c2[nH]c(=O)ccc12)Cc1cc(CC(=O)CCc2ccc(N(C)C(=O)CCN3CCC(OC(=O)Nc4ccccc4-c4ccccc4)CC3)cc2)ccc1F. The van der Waals surface area contributed by atoms with E-state index in [-0.39, 0.29) is 52.8 Å². The van der Waals surface area contributed by atoms with Crippen molar-refractivity contribution in [3.05, 3.63) is 160 Å². The number of nitrogens with zero attached hydrogens (tertiary/aromatic N) is 2. The molecule has 7 rings (SSSR count). The zero-order chi connectivity index (χ0) is 45.9. The Morgan fingerprint density at radius 1 is 0.877 bits per heavy atom. The highest BCUT2D eigenvalue weighted by Crippen LogP contribution is 2.32. The standard InChI is InChI=1S/C53H57FN4O7/c1-35(12-23-48(60)44-20-24-49(61)52-45(44)21-25-50(62)56-52)32-39-33-37(16-22-46(39)54)34-41(59)19-15-36-13-17-40(18-14-36)57(2)51(63)28-31-58-29-26-42(27-30-58)65-53(64)55-47-11-7-6-10-43(47)38-8-4-3-5-9-38/h3-11,13-14,16-18,20-22,24-25,33,35,42,48,60-61H,12,15,19,23,26-32,34H2,1-2H3,(H,55,64)(H,56,62)/t35?,48-/m0/s1. The summed E-state index contributed by atoms with van der Waals surface area (Å²) in [5, 5.41) is 24.7. The number of benzene rings is 5. The Morgan fingerprint density at radius 3 is 2.37 bits per heavy atom. The molecule has 4 N–H and O–H groups in total. The van der Waals surface area contributed by atoms with Gasteiger partial charge in [0, 0.05) is 68.6 Å². The van der Waals surface area contributed by atoms with Crippen LogP contribution >= 0.6 is 0 Å². The Kier molecular flexibility index (Phi) is 15.6. The van der Waals surface area contributed by atoms with Gasteiger partial charge in [0.1, 0.15) is 23.5 Å². The number of aromatic amines is 1. The molecule has 1 aliphatic heterocycles. The number of carbonyl (C=O) groups is 3. The zero-order valence-corrected chi connectivity index (χ0v) is 37.0. The Labute approximate surface area is 378 Å². The number of halogens is 1. The topological polar surface area (TPSA) is 152 Å². The molecule has 2 amide bonds. The van der Waals surface area contributed by atoms with Gasteiger partial charge in [-0.25, -0.2) is 9.18 Å². The number of H-pyrrole nitrogens is 1. The van der Waals surface area contributed by atoms with Crippen LogP contribution in [0.15, 0.2) is 126 Å². The van der Waals surface area contributed by atoms with Crippen LogP contribution < -0.4 is 15.8 Å². The lowest BCUT2D eigenvalue weighted by Gasteiger charge is -2.31. The molecule has 0 spiro atoms. The number of aryl methyl sites for hydroxylation is 1. The van der Waals surface area contributed by atoms with Gasteiger partial charge in [-0.3, -0.25) is 19.7 Å². The van der Waals surface area contributed by atoms with E-state index in [9.17, 15) is 33.8 Å². The molecule has 12 heteroatoms. The summed E-state index contributed by atoms with van der Waals surface area (Å²) in [4.78, 5) is 57.3. The van der Waals surface area contributed by atoms with Gasteiger partial charge < -0.3 is 29.7 Å². The third kappa shape index (κ3) is 12.6. The number of fused-ring (bicyclic) bond motifs is 1. The second-order valence-electron chi connectivity index (χ2n) is 17.2. The van der Waals surface area contributed by atoms with E-state index in [1.807, 2.05) is 85.8 Å². The minimum atomic E-state index is -0.841. The average Bonchev–Trinajstić information content (AvgIpc) is 3.31. The average molecular weight is 881 g/mol. The number of Topliss-reactive ketones (excluding diaryl/α,β-unsaturated/α-hetero) is 1. The van der Waals surface area contributed by atoms with Crippen LogP contribution in [0, 0.1) is 11.7 Å². The number of aliphatic hydroxyl groups excluding tert-OH is 1. The summed E-state index contributed by atoms with van der Waals surface area (Å²) in [5.74, 6) is -0.329. The highest BCUT2D eigenvalue weighted by Gasteiger charge is 2.24. The van der Waals surface area contributed by atoms with E-state index in [4.69, 9.17) is 4.74 Å². The third-order valence-corrected chi connectivity index (χ3v) is 12.4. The maximum Gasteiger partial charge on any atom is 0.411 e. The normalized spacial score (nSPS) is 14.2. The highest BCUT2D eigenvalue weighted by molar-refractivity contribution is 5.93. The van der Waals surface area contributed by atoms with Crippen LogP contribution in [0.3, 0.4) is 0 Å². The maximum absolute atomic E-state index is 14.9. The van der Waals surface area contributed by atoms with Gasteiger partial charge in [0.25, 0.3) is 0 Å². The van der Waals surface area contributed by atoms with Gasteiger partial charge in [0.15, 0.2) is 0 Å². The molecule has 0 bridgehead atoms. The van der Waals surface area contributed by atoms with Gasteiger partial charge in [-0.2, -0.15) is 0 Å². The molecule has 6 aromatic rings. The van der Waals surface area contributed by atoms with Crippen molar-refractivity contribution in [2.75, 3.05) is 36.9 Å². The largest absolute Gasteiger partial charge is 0.506 e. The number of aromatic nitrogens is 1. The van der Waals surface area contributed by atoms with Gasteiger partial charge in [-0.15, -0.1) is 0 Å². The molecular weight excluding hydrogens is 824 g/mol. The summed E-state index contributed by atoms with van der Waals surface area (Å²) < 4.78 is 20.7. The number of phenolic OH excluding ortho intramolecular Hbond substituents is 1. The van der Waals surface area contributed by atoms with Crippen LogP contribution in [0.2, 0.25) is 0 Å². The number of phenols is 1. The van der Waals surface area contributed by atoms with E-state index in [2.05, 4.69) is 15.2 Å². The smallest absolute Gasteiger partial charge is 0.411 e. The van der Waals surface area contributed by atoms with Gasteiger partial charge in [0.05, 0.1) is 17.3 Å². The number of carbonyl (C=O) groups excluding carboxylic acids is 3. The molecule has 11 nitrogen and oxygen atoms in total. The van der Waals surface area contributed by atoms with Crippen LogP contribution in [-0.4, -0.2) is 70.7 Å². The van der Waals surface area contributed by atoms with Crippen molar-refractivity contribution in [3.8, 4) is 16.9 Å². The van der Waals surface area contributed by atoms with Crippen molar-refractivity contribution in [2.24, 2.45) is 5.92 Å². The minimum absolute atomic E-state index is 0.00390. The minimum Gasteiger partial charge on any atom is -0.506 e. The van der Waals surface area contributed by atoms with Crippen molar-refractivity contribution in [1.29, 1.82) is 0 Å². The zero-order valence-electron chi connectivity index (χ0n) is 37.0. The summed E-state index contributed by atoms with van der Waals surface area (Å²) in [6, 6.07) is 36.1. The van der Waals surface area contributed by atoms with Gasteiger partial charge in [-0.05, 0) is 109 Å². The lowest BCUT2D eigenvalue weighted by atomic mass is 9.91. The monoisotopic (exact) mass is 880 g/mol. The number of pyridine rings is 1. The fraction of sp³-hybridized carbons (Fsp3) is 0.321. The first-order valence-corrected chi connectivity index (χ1v) is 22.4. The number of anilines is 2. The van der Waals surface area contributed by atoms with E-state index in [1.165, 1.54) is 18.2 Å². The first kappa shape index (κ1) is 46.4. The molecule has 0 aliphatic carbocycles. The van der Waals surface area contributed by atoms with Crippen LogP contribution in [0.5, 0.6) is 5.75 Å². The van der Waals surface area contributed by atoms with Crippen molar-refractivity contribution in [1.82, 2.24) is 9.88 Å². The number of piperidine rings is 1. The molecule has 5 aromatic carbocycles. The Hall–Kier alpha value is -6.63. The molecule has 1 aliphatic rings. The third-order valence-electron chi connectivity index (χ3n) is 12.4. The van der Waals surface area contributed by atoms with Crippen LogP contribution in [0.4, 0.5) is 20.6 Å². The van der Waals surface area contributed by atoms with Crippen molar-refractivity contribution >= 4 is 40.1 Å². The van der Waals surface area contributed by atoms with Crippen molar-refractivity contribution < 1.29 is 33.7 Å². The number of para-hydroxylation sites is 1. The lowest BCUT2D eigenvalue weighted by molar-refractivity contribution is -0.119. The fourth-order valence-corrected chi connectivity index (χ4v) is 8.57. The number of ether oxygens (including phenoxy) is 1. The van der Waals surface area contributed by atoms with Crippen molar-refractivity contribution in [2.45, 2.75) is 76.9 Å². The Balaban J connectivity index is 0.802. The number of hydrogen-bond acceptors (Lipinski definition) is 8. The van der Waals surface area contributed by atoms with Crippen LogP contribution in [-0.2, 0) is 33.6 Å². The fourth-order valence-electron chi connectivity index (χ4n) is 8.57. The molecule has 1 unspecified atom stereocenters. The number of likely N-dealkylation sites (tertiary alicyclic amines) is 1. The first-order valence-electron chi connectivity index (χ1n) is 22.4. The number of aliphatic hydroxyl groups is 1. The molecule has 338 valence electrons. The summed E-state index contributed by atoms with van der Waals surface area (Å²) in [7, 11) is 1.76. The second-order valence-corrected chi connectivity index (χ2v) is 17.2. The van der Waals surface area contributed by atoms with Crippen molar-refractivity contribution in [3.63, 3.8) is 0 Å². The molecule has 1 fully saturated rings. The number of hydrogen-bond donors (Lipinski definition) is 4. The molecule has 2 atom stereocenters. The number of aromatic hydroxyl groups is 1. The van der Waals surface area contributed by atoms with Gasteiger partial charge >= 0.3 is 6.09 Å². The summed E-state index contributed by atoms with van der Waals surface area (Å²) in [5.41, 5.74) is 6.18. The number of rotatable bonds is 18. The van der Waals surface area contributed by atoms with Crippen LogP contribution in [0.25, 0.3) is 22.0 Å². The quantitative estimate of drug-likeness (QED) is 0.0667. The van der Waals surface area contributed by atoms with Gasteiger partial charge in [-0.1, -0.05) is 85.8 Å². The molecule has 65 heavy (non-hydrogen) atoms. The lowest BCUT2D eigenvalue weighted by Crippen LogP contribution is -2.40. The van der Waals surface area contributed by atoms with E-state index in [0.717, 1.165) is 41.0 Å². The highest BCUT2D eigenvalue weighted by atomic mass is 19.1. The molecule has 1 saturated heterocycles. The van der Waals surface area contributed by atoms with E-state index in [1.54, 1.807) is 36.2 Å². The van der Waals surface area contributed by atoms with Crippen LogP contribution in [0.1, 0.15) is 73.8 Å². The second kappa shape index (κ2) is 21.8. The molecule has 0 radical (unpaired) electrons. The first-order chi connectivity index (χ1) is 31.4. The number of ketones is 1. The number of amides is 2. The van der Waals surface area contributed by atoms with E-state index in [0.29, 0.717) is 80.1 Å². The summed E-state index contributed by atoms with van der Waals surface area (Å²) >= 11 is 0. The van der Waals surface area contributed by atoms with Gasteiger partial charge in [0.2, 0.25) is 11.5 Å². The molecule has 1 aromatic heterocycles. The number of nitrogens with one attached hydrogen (secondary N) is 2. The summed E-state index contributed by atoms with van der Waals surface area (Å²) in [6.45, 7) is 4.06. The molecule has 0 saturated carbocycles. The van der Waals surface area contributed by atoms with E-state index >= 15 is 0 Å².